The molecule has 1 heterocycles. The van der Waals surface area contributed by atoms with E-state index in [2.05, 4.69) is 15.4 Å². The summed E-state index contributed by atoms with van der Waals surface area (Å²) in [6, 6.07) is 21.7. The van der Waals surface area contributed by atoms with E-state index in [1.165, 1.54) is 0 Å². The summed E-state index contributed by atoms with van der Waals surface area (Å²) in [7, 11) is 0. The minimum Gasteiger partial charge on any atom is -0.324 e. The normalized spacial score (nSPS) is 11.4. The minimum absolute atomic E-state index is 0.0131. The van der Waals surface area contributed by atoms with Gasteiger partial charge in [-0.05, 0) is 30.3 Å². The van der Waals surface area contributed by atoms with E-state index in [1.807, 2.05) is 60.7 Å². The van der Waals surface area contributed by atoms with Crippen molar-refractivity contribution in [3.63, 3.8) is 0 Å². The first kappa shape index (κ1) is 22.9. The molecule has 10 heteroatoms. The quantitative estimate of drug-likeness (QED) is 0.322. The largest absolute Gasteiger partial charge is 0.416 e. The smallest absolute Gasteiger partial charge is 0.324 e. The fourth-order valence-electron chi connectivity index (χ4n) is 2.99. The lowest BCUT2D eigenvalue weighted by Crippen LogP contribution is -2.15. The van der Waals surface area contributed by atoms with Crippen molar-refractivity contribution in [2.75, 3.05) is 11.1 Å². The lowest BCUT2D eigenvalue weighted by atomic mass is 10.2. The molecule has 0 aliphatic heterocycles. The third-order valence-corrected chi connectivity index (χ3v) is 5.69. The van der Waals surface area contributed by atoms with Gasteiger partial charge in [-0.2, -0.15) is 13.2 Å². The number of carbonyl (C=O) groups is 1. The maximum Gasteiger partial charge on any atom is 0.416 e. The molecule has 0 bridgehead atoms. The molecule has 4 aromatic rings. The molecule has 0 fully saturated rings. The highest BCUT2D eigenvalue weighted by atomic mass is 35.5. The number of carbonyl (C=O) groups excluding carboxylic acids is 1. The monoisotopic (exact) mass is 488 g/mol. The molecule has 4 rings (SSSR count). The molecule has 33 heavy (non-hydrogen) atoms. The highest BCUT2D eigenvalue weighted by Crippen LogP contribution is 2.34. The number of nitrogens with one attached hydrogen (secondary N) is 1. The van der Waals surface area contributed by atoms with Crippen LogP contribution in [0.3, 0.4) is 0 Å². The first-order valence-electron chi connectivity index (χ1n) is 9.68. The van der Waals surface area contributed by atoms with Crippen molar-refractivity contribution in [1.82, 2.24) is 14.8 Å². The number of nitrogens with zero attached hydrogens (tertiary/aromatic N) is 3. The predicted molar refractivity (Wildman–Crippen MR) is 123 cm³/mol. The Kier molecular flexibility index (Phi) is 6.71. The van der Waals surface area contributed by atoms with Crippen molar-refractivity contribution in [2.24, 2.45) is 0 Å². The average Bonchev–Trinajstić information content (AvgIpc) is 3.24. The fourth-order valence-corrected chi connectivity index (χ4v) is 3.78. The van der Waals surface area contributed by atoms with Gasteiger partial charge in [-0.3, -0.25) is 4.79 Å². The average molecular weight is 489 g/mol. The van der Waals surface area contributed by atoms with Gasteiger partial charge in [0.05, 0.1) is 27.7 Å². The van der Waals surface area contributed by atoms with Crippen LogP contribution >= 0.6 is 23.4 Å². The number of amides is 1. The fraction of sp³-hybridized carbons (Fsp3) is 0.0870. The standard InChI is InChI=1S/C23H16ClF3N4OS/c24-18-12-11-16(23(25,26)27)13-19(18)28-20(32)14-33-22-29-21(15-7-3-1-4-8-15)31(30-22)17-9-5-2-6-10-17/h1-13H,14H2,(H,28,32). The number of anilines is 1. The van der Waals surface area contributed by atoms with Crippen LogP contribution in [0.15, 0.2) is 84.0 Å². The second-order valence-electron chi connectivity index (χ2n) is 6.86. The number of benzene rings is 3. The van der Waals surface area contributed by atoms with Gasteiger partial charge in [0.1, 0.15) is 0 Å². The van der Waals surface area contributed by atoms with Crippen molar-refractivity contribution in [3.05, 3.63) is 89.4 Å². The number of halogens is 4. The SMILES string of the molecule is O=C(CSc1nc(-c2ccccc2)n(-c2ccccc2)n1)Nc1cc(C(F)(F)F)ccc1Cl. The van der Waals surface area contributed by atoms with Crippen molar-refractivity contribution >= 4 is 35.0 Å². The van der Waals surface area contributed by atoms with E-state index >= 15 is 0 Å². The van der Waals surface area contributed by atoms with Crippen molar-refractivity contribution in [1.29, 1.82) is 0 Å². The molecule has 0 unspecified atom stereocenters. The Morgan fingerprint density at radius 2 is 1.67 bits per heavy atom. The maximum absolute atomic E-state index is 12.9. The molecular formula is C23H16ClF3N4OS. The Morgan fingerprint density at radius 1 is 1.00 bits per heavy atom. The van der Waals surface area contributed by atoms with Gasteiger partial charge in [-0.25, -0.2) is 9.67 Å². The summed E-state index contributed by atoms with van der Waals surface area (Å²) >= 11 is 7.02. The molecule has 1 aromatic heterocycles. The summed E-state index contributed by atoms with van der Waals surface area (Å²) < 4.78 is 40.5. The number of aromatic nitrogens is 3. The van der Waals surface area contributed by atoms with Gasteiger partial charge >= 0.3 is 6.18 Å². The summed E-state index contributed by atoms with van der Waals surface area (Å²) in [4.78, 5) is 17.0. The Labute approximate surface area is 196 Å². The Balaban J connectivity index is 1.52. The molecule has 0 aliphatic carbocycles. The number of thioether (sulfide) groups is 1. The highest BCUT2D eigenvalue weighted by Gasteiger charge is 2.31. The molecule has 0 spiro atoms. The molecular weight excluding hydrogens is 473 g/mol. The zero-order valence-corrected chi connectivity index (χ0v) is 18.5. The molecule has 168 valence electrons. The third-order valence-electron chi connectivity index (χ3n) is 4.52. The number of alkyl halides is 3. The molecule has 3 aromatic carbocycles. The topological polar surface area (TPSA) is 59.8 Å². The molecule has 0 aliphatic rings. The van der Waals surface area contributed by atoms with E-state index in [0.29, 0.717) is 11.0 Å². The number of hydrogen-bond donors (Lipinski definition) is 1. The van der Waals surface area contributed by atoms with Crippen LogP contribution in [-0.4, -0.2) is 26.4 Å². The van der Waals surface area contributed by atoms with Crippen LogP contribution in [0.1, 0.15) is 5.56 Å². The van der Waals surface area contributed by atoms with E-state index in [0.717, 1.165) is 41.2 Å². The van der Waals surface area contributed by atoms with Crippen molar-refractivity contribution < 1.29 is 18.0 Å². The number of hydrogen-bond acceptors (Lipinski definition) is 4. The Hall–Kier alpha value is -3.30. The van der Waals surface area contributed by atoms with Crippen LogP contribution in [0.4, 0.5) is 18.9 Å². The summed E-state index contributed by atoms with van der Waals surface area (Å²) in [6.07, 6.45) is -4.54. The van der Waals surface area contributed by atoms with Gasteiger partial charge < -0.3 is 5.32 Å². The second-order valence-corrected chi connectivity index (χ2v) is 8.21. The van der Waals surface area contributed by atoms with Crippen LogP contribution in [0.5, 0.6) is 0 Å². The lowest BCUT2D eigenvalue weighted by Gasteiger charge is -2.11. The van der Waals surface area contributed by atoms with Crippen LogP contribution in [0.2, 0.25) is 5.02 Å². The molecule has 1 N–H and O–H groups in total. The van der Waals surface area contributed by atoms with Crippen LogP contribution in [0.25, 0.3) is 17.1 Å². The molecule has 5 nitrogen and oxygen atoms in total. The maximum atomic E-state index is 12.9. The summed E-state index contributed by atoms with van der Waals surface area (Å²) in [6.45, 7) is 0. The van der Waals surface area contributed by atoms with E-state index in [1.54, 1.807) is 4.68 Å². The van der Waals surface area contributed by atoms with E-state index in [-0.39, 0.29) is 16.5 Å². The zero-order valence-electron chi connectivity index (χ0n) is 16.9. The highest BCUT2D eigenvalue weighted by molar-refractivity contribution is 7.99. The predicted octanol–water partition coefficient (Wildman–Crippen LogP) is 6.34. The first-order valence-corrected chi connectivity index (χ1v) is 11.0. The molecule has 0 saturated heterocycles. The van der Waals surface area contributed by atoms with Gasteiger partial charge in [0.15, 0.2) is 5.82 Å². The minimum atomic E-state index is -4.54. The molecule has 0 atom stereocenters. The molecule has 1 amide bonds. The molecule has 0 radical (unpaired) electrons. The molecule has 0 saturated carbocycles. The van der Waals surface area contributed by atoms with Crippen LogP contribution in [0, 0.1) is 0 Å². The summed E-state index contributed by atoms with van der Waals surface area (Å²) in [5.41, 5.74) is 0.646. The first-order chi connectivity index (χ1) is 15.8. The third kappa shape index (κ3) is 5.55. The van der Waals surface area contributed by atoms with Gasteiger partial charge in [0, 0.05) is 5.56 Å². The van der Waals surface area contributed by atoms with Gasteiger partial charge in [-0.1, -0.05) is 71.9 Å². The van der Waals surface area contributed by atoms with Gasteiger partial charge in [-0.15, -0.1) is 5.10 Å². The second kappa shape index (κ2) is 9.68. The summed E-state index contributed by atoms with van der Waals surface area (Å²) in [5.74, 6) is -0.0382. The van der Waals surface area contributed by atoms with Crippen LogP contribution in [-0.2, 0) is 11.0 Å². The zero-order chi connectivity index (χ0) is 23.4. The Bertz CT molecular complexity index is 1210. The van der Waals surface area contributed by atoms with Crippen molar-refractivity contribution in [2.45, 2.75) is 11.3 Å². The van der Waals surface area contributed by atoms with Gasteiger partial charge in [0.2, 0.25) is 11.1 Å². The van der Waals surface area contributed by atoms with E-state index < -0.39 is 17.6 Å². The van der Waals surface area contributed by atoms with Crippen LogP contribution < -0.4 is 5.32 Å². The lowest BCUT2D eigenvalue weighted by molar-refractivity contribution is -0.137. The number of para-hydroxylation sites is 1. The van der Waals surface area contributed by atoms with E-state index in [9.17, 15) is 18.0 Å². The van der Waals surface area contributed by atoms with E-state index in [4.69, 9.17) is 11.6 Å². The summed E-state index contributed by atoms with van der Waals surface area (Å²) in [5, 5.41) is 7.30. The van der Waals surface area contributed by atoms with Gasteiger partial charge in [0.25, 0.3) is 0 Å². The number of rotatable bonds is 6. The Morgan fingerprint density at radius 3 is 2.33 bits per heavy atom. The van der Waals surface area contributed by atoms with Crippen molar-refractivity contribution in [3.8, 4) is 17.1 Å².